The van der Waals surface area contributed by atoms with Gasteiger partial charge in [-0.1, -0.05) is 36.8 Å². The lowest BCUT2D eigenvalue weighted by atomic mass is 10.0. The van der Waals surface area contributed by atoms with Crippen LogP contribution in [0.15, 0.2) is 30.3 Å². The number of likely N-dealkylation sites (tertiary alicyclic amines) is 1. The summed E-state index contributed by atoms with van der Waals surface area (Å²) in [6.45, 7) is 3.72. The van der Waals surface area contributed by atoms with Crippen molar-refractivity contribution < 1.29 is 24.2 Å². The van der Waals surface area contributed by atoms with Crippen LogP contribution in [-0.4, -0.2) is 58.6 Å². The fourth-order valence-electron chi connectivity index (χ4n) is 4.89. The molecule has 5 atom stereocenters. The second kappa shape index (κ2) is 10.1. The number of carboxylic acids is 1. The number of ether oxygens (including phenoxy) is 1. The van der Waals surface area contributed by atoms with Crippen LogP contribution in [0.5, 0.6) is 0 Å². The van der Waals surface area contributed by atoms with Gasteiger partial charge in [-0.25, -0.2) is 4.79 Å². The number of nitrogens with zero attached hydrogens (tertiary/aromatic N) is 1. The smallest absolute Gasteiger partial charge is 0.326 e. The van der Waals surface area contributed by atoms with Crippen LogP contribution in [0.2, 0.25) is 0 Å². The largest absolute Gasteiger partial charge is 0.480 e. The number of hydrogen-bond donors (Lipinski definition) is 2. The van der Waals surface area contributed by atoms with E-state index in [0.717, 1.165) is 24.8 Å². The van der Waals surface area contributed by atoms with Crippen LogP contribution >= 0.6 is 0 Å². The van der Waals surface area contributed by atoms with Gasteiger partial charge in [0.25, 0.3) is 0 Å². The normalized spacial score (nSPS) is 24.9. The monoisotopic (exact) mass is 416 g/mol. The summed E-state index contributed by atoms with van der Waals surface area (Å²) in [6, 6.07) is 7.76. The van der Waals surface area contributed by atoms with Crippen molar-refractivity contribution in [2.24, 2.45) is 5.92 Å². The minimum Gasteiger partial charge on any atom is -0.480 e. The molecule has 1 heterocycles. The Bertz CT molecular complexity index is 753. The fourth-order valence-corrected chi connectivity index (χ4v) is 4.89. The van der Waals surface area contributed by atoms with E-state index in [9.17, 15) is 19.5 Å². The van der Waals surface area contributed by atoms with Crippen molar-refractivity contribution >= 4 is 17.8 Å². The number of aryl methyl sites for hydroxylation is 1. The highest BCUT2D eigenvalue weighted by molar-refractivity contribution is 5.88. The van der Waals surface area contributed by atoms with Gasteiger partial charge in [0.05, 0.1) is 12.6 Å². The number of aliphatic carboxylic acids is 1. The first-order valence-electron chi connectivity index (χ1n) is 10.9. The molecule has 1 saturated heterocycles. The van der Waals surface area contributed by atoms with Crippen molar-refractivity contribution in [2.75, 3.05) is 6.61 Å². The molecule has 1 aromatic carbocycles. The maximum atomic E-state index is 13.2. The maximum absolute atomic E-state index is 13.2. The SMILES string of the molecule is CCOC(=O)C(CCc1ccccc1)N[C@@H](C)C(=O)N1C(C(=O)O)CC2CCC[C@@H]21. The molecular weight excluding hydrogens is 384 g/mol. The number of hydrogen-bond acceptors (Lipinski definition) is 5. The number of carbonyl (C=O) groups is 3. The van der Waals surface area contributed by atoms with Crippen molar-refractivity contribution in [3.8, 4) is 0 Å². The van der Waals surface area contributed by atoms with Gasteiger partial charge in [-0.05, 0) is 57.4 Å². The predicted molar refractivity (Wildman–Crippen MR) is 112 cm³/mol. The third-order valence-electron chi connectivity index (χ3n) is 6.33. The first-order valence-corrected chi connectivity index (χ1v) is 10.9. The van der Waals surface area contributed by atoms with E-state index in [0.29, 0.717) is 19.3 Å². The van der Waals surface area contributed by atoms with Gasteiger partial charge < -0.3 is 14.7 Å². The van der Waals surface area contributed by atoms with Gasteiger partial charge in [-0.3, -0.25) is 14.9 Å². The minimum atomic E-state index is -0.948. The maximum Gasteiger partial charge on any atom is 0.326 e. The van der Waals surface area contributed by atoms with Crippen molar-refractivity contribution in [1.82, 2.24) is 10.2 Å². The van der Waals surface area contributed by atoms with E-state index in [1.54, 1.807) is 18.7 Å². The van der Waals surface area contributed by atoms with Crippen LogP contribution < -0.4 is 5.32 Å². The number of amides is 1. The van der Waals surface area contributed by atoms with Crippen molar-refractivity contribution in [1.29, 1.82) is 0 Å². The summed E-state index contributed by atoms with van der Waals surface area (Å²) in [5.74, 6) is -1.31. The molecule has 164 valence electrons. The number of benzene rings is 1. The van der Waals surface area contributed by atoms with Crippen molar-refractivity contribution in [2.45, 2.75) is 76.5 Å². The molecule has 7 nitrogen and oxygen atoms in total. The molecule has 7 heteroatoms. The van der Waals surface area contributed by atoms with Crippen LogP contribution in [0.1, 0.15) is 51.5 Å². The Balaban J connectivity index is 1.68. The van der Waals surface area contributed by atoms with Gasteiger partial charge in [-0.15, -0.1) is 0 Å². The molecule has 1 aromatic rings. The third kappa shape index (κ3) is 5.01. The zero-order valence-electron chi connectivity index (χ0n) is 17.8. The topological polar surface area (TPSA) is 95.9 Å². The van der Waals surface area contributed by atoms with E-state index in [2.05, 4.69) is 5.32 Å². The summed E-state index contributed by atoms with van der Waals surface area (Å²) in [7, 11) is 0. The highest BCUT2D eigenvalue weighted by Gasteiger charge is 2.49. The lowest BCUT2D eigenvalue weighted by Gasteiger charge is -2.31. The summed E-state index contributed by atoms with van der Waals surface area (Å²) in [6.07, 6.45) is 4.54. The molecule has 2 aliphatic rings. The first kappa shape index (κ1) is 22.3. The molecule has 0 spiro atoms. The standard InChI is InChI=1S/C23H32N2O5/c1-3-30-23(29)18(13-12-16-8-5-4-6-9-16)24-15(2)21(26)25-19-11-7-10-17(19)14-20(25)22(27)28/h4-6,8-9,15,17-20,24H,3,7,10-14H2,1-2H3,(H,27,28)/t15-,17?,18?,19-,20?/m0/s1. The molecule has 3 unspecified atom stereocenters. The Morgan fingerprint density at radius 1 is 1.23 bits per heavy atom. The number of carboxylic acid groups (broad SMARTS) is 1. The molecule has 1 saturated carbocycles. The molecule has 1 amide bonds. The molecule has 2 N–H and O–H groups in total. The van der Waals surface area contributed by atoms with Gasteiger partial charge in [0.15, 0.2) is 0 Å². The average molecular weight is 417 g/mol. The average Bonchev–Trinajstić information content (AvgIpc) is 3.32. The summed E-state index contributed by atoms with van der Waals surface area (Å²) < 4.78 is 5.21. The lowest BCUT2D eigenvalue weighted by molar-refractivity contribution is -0.151. The fraction of sp³-hybridized carbons (Fsp3) is 0.609. The third-order valence-corrected chi connectivity index (χ3v) is 6.33. The Kier molecular flexibility index (Phi) is 7.48. The molecule has 1 aliphatic heterocycles. The summed E-state index contributed by atoms with van der Waals surface area (Å²) in [5.41, 5.74) is 1.10. The van der Waals surface area contributed by atoms with Gasteiger partial charge in [0.2, 0.25) is 5.91 Å². The molecule has 0 radical (unpaired) electrons. The number of rotatable bonds is 9. The lowest BCUT2D eigenvalue weighted by Crippen LogP contribution is -2.55. The van der Waals surface area contributed by atoms with Crippen molar-refractivity contribution in [3.63, 3.8) is 0 Å². The molecular formula is C23H32N2O5. The highest BCUT2D eigenvalue weighted by atomic mass is 16.5. The highest BCUT2D eigenvalue weighted by Crippen LogP contribution is 2.41. The van der Waals surface area contributed by atoms with E-state index in [1.807, 2.05) is 30.3 Å². The zero-order valence-corrected chi connectivity index (χ0v) is 17.8. The van der Waals surface area contributed by atoms with Crippen LogP contribution in [0.4, 0.5) is 0 Å². The van der Waals surface area contributed by atoms with Crippen LogP contribution in [0.25, 0.3) is 0 Å². The Labute approximate surface area is 177 Å². The Morgan fingerprint density at radius 2 is 1.97 bits per heavy atom. The quantitative estimate of drug-likeness (QED) is 0.600. The van der Waals surface area contributed by atoms with Gasteiger partial charge in [0, 0.05) is 6.04 Å². The van der Waals surface area contributed by atoms with Crippen LogP contribution in [-0.2, 0) is 25.5 Å². The van der Waals surface area contributed by atoms with Gasteiger partial charge >= 0.3 is 11.9 Å². The van der Waals surface area contributed by atoms with Crippen LogP contribution in [0, 0.1) is 5.92 Å². The molecule has 0 bridgehead atoms. The summed E-state index contributed by atoms with van der Waals surface area (Å²) >= 11 is 0. The predicted octanol–water partition coefficient (Wildman–Crippen LogP) is 2.38. The van der Waals surface area contributed by atoms with E-state index in [4.69, 9.17) is 4.74 Å². The summed E-state index contributed by atoms with van der Waals surface area (Å²) in [5, 5.41) is 12.8. The minimum absolute atomic E-state index is 0.00629. The number of carbonyl (C=O) groups excluding carboxylic acids is 2. The number of nitrogens with one attached hydrogen (secondary N) is 1. The van der Waals surface area contributed by atoms with Gasteiger partial charge in [-0.2, -0.15) is 0 Å². The molecule has 2 fully saturated rings. The van der Waals surface area contributed by atoms with E-state index in [-0.39, 0.29) is 30.4 Å². The Morgan fingerprint density at radius 3 is 2.63 bits per heavy atom. The molecule has 0 aromatic heterocycles. The van der Waals surface area contributed by atoms with Crippen LogP contribution in [0.3, 0.4) is 0 Å². The molecule has 3 rings (SSSR count). The van der Waals surface area contributed by atoms with E-state index < -0.39 is 24.1 Å². The van der Waals surface area contributed by atoms with E-state index in [1.165, 1.54) is 0 Å². The second-order valence-electron chi connectivity index (χ2n) is 8.31. The first-order chi connectivity index (χ1) is 14.4. The second-order valence-corrected chi connectivity index (χ2v) is 8.31. The van der Waals surface area contributed by atoms with Gasteiger partial charge in [0.1, 0.15) is 12.1 Å². The Hall–Kier alpha value is -2.41. The number of esters is 1. The molecule has 1 aliphatic carbocycles. The van der Waals surface area contributed by atoms with Crippen molar-refractivity contribution in [3.05, 3.63) is 35.9 Å². The summed E-state index contributed by atoms with van der Waals surface area (Å²) in [4.78, 5) is 39.1. The number of fused-ring (bicyclic) bond motifs is 1. The molecule has 30 heavy (non-hydrogen) atoms. The zero-order chi connectivity index (χ0) is 21.7. The van der Waals surface area contributed by atoms with E-state index >= 15 is 0 Å².